The molecule has 5 heteroatoms. The van der Waals surface area contributed by atoms with Gasteiger partial charge in [-0.05, 0) is 52.9 Å². The monoisotopic (exact) mass is 391 g/mol. The fraction of sp³-hybridized carbons (Fsp3) is 0. The summed E-state index contributed by atoms with van der Waals surface area (Å²) in [7, 11) is 0. The third-order valence-corrected chi connectivity index (χ3v) is 4.26. The third-order valence-electron chi connectivity index (χ3n) is 3.59. The van der Waals surface area contributed by atoms with E-state index in [-0.39, 0.29) is 11.4 Å². The molecule has 0 unspecified atom stereocenters. The van der Waals surface area contributed by atoms with Crippen LogP contribution < -0.4 is 10.3 Å². The van der Waals surface area contributed by atoms with Crippen LogP contribution in [0, 0.1) is 9.39 Å². The highest BCUT2D eigenvalue weighted by Gasteiger charge is 2.20. The maximum absolute atomic E-state index is 14.2. The Morgan fingerprint density at radius 3 is 2.71 bits per heavy atom. The molecule has 0 atom stereocenters. The van der Waals surface area contributed by atoms with E-state index in [0.717, 1.165) is 19.9 Å². The first-order chi connectivity index (χ1) is 10.1. The summed E-state index contributed by atoms with van der Waals surface area (Å²) in [5, 5.41) is 1.90. The molecule has 0 amide bonds. The molecular formula is C16H9FIN2O+. The number of halogens is 2. The molecule has 0 N–H and O–H groups in total. The quantitative estimate of drug-likeness (QED) is 0.362. The van der Waals surface area contributed by atoms with Gasteiger partial charge in [0.2, 0.25) is 0 Å². The molecule has 0 saturated carbocycles. The van der Waals surface area contributed by atoms with Gasteiger partial charge in [0, 0.05) is 8.96 Å². The number of hydrogen-bond acceptors (Lipinski definition) is 1. The second-order valence-electron chi connectivity index (χ2n) is 4.85. The lowest BCUT2D eigenvalue weighted by atomic mass is 10.2. The highest BCUT2D eigenvalue weighted by atomic mass is 127. The summed E-state index contributed by atoms with van der Waals surface area (Å²) < 4.78 is 17.9. The fourth-order valence-electron chi connectivity index (χ4n) is 2.65. The normalized spacial score (nSPS) is 11.5. The minimum atomic E-state index is -0.408. The summed E-state index contributed by atoms with van der Waals surface area (Å²) in [5.74, 6) is -0.408. The third kappa shape index (κ3) is 1.84. The molecule has 21 heavy (non-hydrogen) atoms. The van der Waals surface area contributed by atoms with Crippen LogP contribution in [0.5, 0.6) is 0 Å². The molecular weight excluding hydrogens is 382 g/mol. The van der Waals surface area contributed by atoms with Crippen molar-refractivity contribution in [3.8, 4) is 5.69 Å². The molecule has 0 aliphatic heterocycles. The SMILES string of the molecule is O=c1n2ccc3cccc(c[n+]1-c1ccc(I)cc1F)c32. The van der Waals surface area contributed by atoms with Crippen LogP contribution in [-0.2, 0) is 0 Å². The predicted molar refractivity (Wildman–Crippen MR) is 86.6 cm³/mol. The van der Waals surface area contributed by atoms with Gasteiger partial charge < -0.3 is 0 Å². The lowest BCUT2D eigenvalue weighted by molar-refractivity contribution is -0.616. The Morgan fingerprint density at radius 2 is 1.90 bits per heavy atom. The van der Waals surface area contributed by atoms with Crippen molar-refractivity contribution in [3.05, 3.63) is 74.7 Å². The van der Waals surface area contributed by atoms with Crippen LogP contribution >= 0.6 is 22.6 Å². The zero-order chi connectivity index (χ0) is 14.6. The van der Waals surface area contributed by atoms with Crippen molar-refractivity contribution in [2.24, 2.45) is 0 Å². The Balaban J connectivity index is 2.14. The number of rotatable bonds is 1. The maximum atomic E-state index is 14.2. The van der Waals surface area contributed by atoms with E-state index in [0.29, 0.717) is 0 Å². The van der Waals surface area contributed by atoms with Gasteiger partial charge >= 0.3 is 5.69 Å². The molecule has 4 rings (SSSR count). The highest BCUT2D eigenvalue weighted by molar-refractivity contribution is 14.1. The van der Waals surface area contributed by atoms with E-state index in [1.807, 2.05) is 46.9 Å². The molecule has 0 spiro atoms. The zero-order valence-electron chi connectivity index (χ0n) is 10.8. The Morgan fingerprint density at radius 1 is 1.10 bits per heavy atom. The predicted octanol–water partition coefficient (Wildman–Crippen LogP) is 2.91. The summed E-state index contributed by atoms with van der Waals surface area (Å²) in [5.41, 5.74) is 0.852. The molecule has 0 fully saturated rings. The molecule has 4 aromatic rings. The van der Waals surface area contributed by atoms with Gasteiger partial charge in [0.05, 0.1) is 5.39 Å². The first-order valence-electron chi connectivity index (χ1n) is 6.39. The Labute approximate surface area is 132 Å². The number of benzene rings is 2. The first-order valence-corrected chi connectivity index (χ1v) is 7.46. The fourth-order valence-corrected chi connectivity index (χ4v) is 3.10. The number of nitrogens with zero attached hydrogens (tertiary/aromatic N) is 2. The molecule has 0 radical (unpaired) electrons. The molecule has 102 valence electrons. The summed E-state index contributed by atoms with van der Waals surface area (Å²) in [6.07, 6.45) is 3.41. The standard InChI is InChI=1S/C16H9FIN2O/c17-13-8-12(18)4-5-14(13)20-9-11-3-1-2-10-6-7-19(15(10)11)16(20)21/h1-9H/q+1. The van der Waals surface area contributed by atoms with Crippen LogP contribution in [-0.4, -0.2) is 4.40 Å². The van der Waals surface area contributed by atoms with Gasteiger partial charge in [-0.15, -0.1) is 0 Å². The molecule has 2 heterocycles. The summed E-state index contributed by atoms with van der Waals surface area (Å²) in [6, 6.07) is 12.5. The van der Waals surface area contributed by atoms with Crippen molar-refractivity contribution >= 4 is 38.9 Å². The number of hydrogen-bond donors (Lipinski definition) is 0. The highest BCUT2D eigenvalue weighted by Crippen LogP contribution is 2.19. The Hall–Kier alpha value is -2.02. The van der Waals surface area contributed by atoms with Gasteiger partial charge in [-0.25, -0.2) is 4.39 Å². The van der Waals surface area contributed by atoms with Crippen molar-refractivity contribution in [2.45, 2.75) is 0 Å². The molecule has 2 aromatic carbocycles. The summed E-state index contributed by atoms with van der Waals surface area (Å²) >= 11 is 2.04. The van der Waals surface area contributed by atoms with Crippen LogP contribution in [0.1, 0.15) is 0 Å². The van der Waals surface area contributed by atoms with Gasteiger partial charge in [-0.1, -0.05) is 12.1 Å². The smallest absolute Gasteiger partial charge is 0.202 e. The van der Waals surface area contributed by atoms with E-state index in [1.165, 1.54) is 10.6 Å². The van der Waals surface area contributed by atoms with Crippen LogP contribution in [0.15, 0.2) is 59.7 Å². The number of aromatic nitrogens is 2. The van der Waals surface area contributed by atoms with Crippen LogP contribution in [0.3, 0.4) is 0 Å². The largest absolute Gasteiger partial charge is 0.508 e. The molecule has 0 bridgehead atoms. The second kappa shape index (κ2) is 4.49. The van der Waals surface area contributed by atoms with Crippen LogP contribution in [0.2, 0.25) is 0 Å². The van der Waals surface area contributed by atoms with Crippen molar-refractivity contribution < 1.29 is 8.96 Å². The Bertz CT molecular complexity index is 1040. The van der Waals surface area contributed by atoms with E-state index >= 15 is 0 Å². The van der Waals surface area contributed by atoms with Gasteiger partial charge in [0.25, 0.3) is 0 Å². The van der Waals surface area contributed by atoms with Gasteiger partial charge in [-0.3, -0.25) is 0 Å². The molecule has 3 nitrogen and oxygen atoms in total. The molecule has 0 aliphatic rings. The van der Waals surface area contributed by atoms with Crippen LogP contribution in [0.25, 0.3) is 22.0 Å². The number of para-hydroxylation sites is 1. The summed E-state index contributed by atoms with van der Waals surface area (Å²) in [4.78, 5) is 12.6. The van der Waals surface area contributed by atoms with E-state index in [9.17, 15) is 9.18 Å². The van der Waals surface area contributed by atoms with Crippen molar-refractivity contribution in [3.63, 3.8) is 0 Å². The van der Waals surface area contributed by atoms with E-state index in [1.54, 1.807) is 28.9 Å². The van der Waals surface area contributed by atoms with Crippen molar-refractivity contribution in [2.75, 3.05) is 0 Å². The molecule has 2 aromatic heterocycles. The molecule has 0 aliphatic carbocycles. The lowest BCUT2D eigenvalue weighted by Crippen LogP contribution is -2.51. The topological polar surface area (TPSA) is 25.4 Å². The van der Waals surface area contributed by atoms with Gasteiger partial charge in [0.15, 0.2) is 17.0 Å². The lowest BCUT2D eigenvalue weighted by Gasteiger charge is -2.03. The maximum Gasteiger partial charge on any atom is 0.508 e. The average Bonchev–Trinajstić information content (AvgIpc) is 2.89. The molecule has 0 saturated heterocycles. The minimum Gasteiger partial charge on any atom is -0.202 e. The summed E-state index contributed by atoms with van der Waals surface area (Å²) in [6.45, 7) is 0. The average molecular weight is 391 g/mol. The van der Waals surface area contributed by atoms with Gasteiger partial charge in [0.1, 0.15) is 12.4 Å². The Kier molecular flexibility index (Phi) is 2.72. The van der Waals surface area contributed by atoms with E-state index in [2.05, 4.69) is 0 Å². The van der Waals surface area contributed by atoms with Gasteiger partial charge in [-0.2, -0.15) is 13.8 Å². The second-order valence-corrected chi connectivity index (χ2v) is 6.09. The first kappa shape index (κ1) is 12.7. The van der Waals surface area contributed by atoms with E-state index < -0.39 is 5.82 Å². The van der Waals surface area contributed by atoms with E-state index in [4.69, 9.17) is 0 Å². The van der Waals surface area contributed by atoms with Crippen molar-refractivity contribution in [1.82, 2.24) is 4.40 Å². The zero-order valence-corrected chi connectivity index (χ0v) is 12.9. The van der Waals surface area contributed by atoms with Crippen LogP contribution in [0.4, 0.5) is 4.39 Å². The minimum absolute atomic E-state index is 0.261. The van der Waals surface area contributed by atoms with Crippen molar-refractivity contribution in [1.29, 1.82) is 0 Å².